The summed E-state index contributed by atoms with van der Waals surface area (Å²) in [5.74, 6) is 0.801. The summed E-state index contributed by atoms with van der Waals surface area (Å²) in [6.07, 6.45) is 1.30. The fourth-order valence-electron chi connectivity index (χ4n) is 1.36. The molecule has 1 heterocycles. The van der Waals surface area contributed by atoms with Gasteiger partial charge in [0.1, 0.15) is 12.1 Å². The maximum absolute atomic E-state index is 6.00. The molecule has 0 radical (unpaired) electrons. The van der Waals surface area contributed by atoms with Crippen molar-refractivity contribution in [3.05, 3.63) is 34.6 Å². The highest BCUT2D eigenvalue weighted by atomic mass is 35.5. The van der Waals surface area contributed by atoms with Gasteiger partial charge in [0.05, 0.1) is 11.6 Å². The molecule has 2 N–H and O–H groups in total. The van der Waals surface area contributed by atoms with Crippen molar-refractivity contribution in [3.8, 4) is 17.5 Å². The lowest BCUT2D eigenvalue weighted by molar-refractivity contribution is 0.325. The first-order chi connectivity index (χ1) is 9.11. The number of nitrogen functional groups attached to an aromatic ring is 1. The standard InChI is InChI=1S/C12H11Cl2N3O2/c1-2-18-11-10(15)12(17-6-16-11)19-9-5-7(13)3-4-8(9)14/h3-6H,2,15H2,1H3. The molecule has 19 heavy (non-hydrogen) atoms. The van der Waals surface area contributed by atoms with Gasteiger partial charge < -0.3 is 15.2 Å². The van der Waals surface area contributed by atoms with Gasteiger partial charge >= 0.3 is 0 Å². The van der Waals surface area contributed by atoms with Gasteiger partial charge in [-0.3, -0.25) is 0 Å². The average molecular weight is 300 g/mol. The van der Waals surface area contributed by atoms with Crippen LogP contribution in [0.1, 0.15) is 6.92 Å². The Morgan fingerprint density at radius 3 is 2.68 bits per heavy atom. The lowest BCUT2D eigenvalue weighted by Gasteiger charge is -2.11. The Morgan fingerprint density at radius 2 is 1.95 bits per heavy atom. The molecule has 7 heteroatoms. The van der Waals surface area contributed by atoms with Crippen LogP contribution in [0.4, 0.5) is 5.69 Å². The van der Waals surface area contributed by atoms with Crippen molar-refractivity contribution in [3.63, 3.8) is 0 Å². The third-order valence-electron chi connectivity index (χ3n) is 2.19. The van der Waals surface area contributed by atoms with Crippen LogP contribution in [-0.4, -0.2) is 16.6 Å². The molecule has 0 unspecified atom stereocenters. The Kier molecular flexibility index (Phi) is 4.29. The predicted molar refractivity (Wildman–Crippen MR) is 74.1 cm³/mol. The molecule has 0 aliphatic heterocycles. The maximum Gasteiger partial charge on any atom is 0.249 e. The molecular weight excluding hydrogens is 289 g/mol. The van der Waals surface area contributed by atoms with E-state index in [-0.39, 0.29) is 17.4 Å². The van der Waals surface area contributed by atoms with E-state index in [0.717, 1.165) is 0 Å². The average Bonchev–Trinajstić information content (AvgIpc) is 2.39. The van der Waals surface area contributed by atoms with E-state index in [1.54, 1.807) is 18.2 Å². The van der Waals surface area contributed by atoms with Crippen molar-refractivity contribution in [2.75, 3.05) is 12.3 Å². The van der Waals surface area contributed by atoms with E-state index in [0.29, 0.717) is 22.4 Å². The second-order valence-corrected chi connectivity index (χ2v) is 4.35. The highest BCUT2D eigenvalue weighted by molar-refractivity contribution is 6.34. The monoisotopic (exact) mass is 299 g/mol. The topological polar surface area (TPSA) is 70.3 Å². The Morgan fingerprint density at radius 1 is 1.21 bits per heavy atom. The largest absolute Gasteiger partial charge is 0.476 e. The van der Waals surface area contributed by atoms with E-state index in [1.165, 1.54) is 6.33 Å². The molecule has 0 spiro atoms. The minimum atomic E-state index is 0.169. The molecule has 0 atom stereocenters. The third kappa shape index (κ3) is 3.19. The zero-order valence-corrected chi connectivity index (χ0v) is 11.6. The van der Waals surface area contributed by atoms with Crippen LogP contribution in [0.25, 0.3) is 0 Å². The summed E-state index contributed by atoms with van der Waals surface area (Å²) < 4.78 is 10.8. The second kappa shape index (κ2) is 5.95. The number of halogens is 2. The molecule has 2 rings (SSSR count). The number of hydrogen-bond acceptors (Lipinski definition) is 5. The van der Waals surface area contributed by atoms with Crippen LogP contribution in [0.3, 0.4) is 0 Å². The summed E-state index contributed by atoms with van der Waals surface area (Å²) in [5.41, 5.74) is 6.06. The van der Waals surface area contributed by atoms with Crippen molar-refractivity contribution in [1.82, 2.24) is 9.97 Å². The highest BCUT2D eigenvalue weighted by Crippen LogP contribution is 2.35. The minimum absolute atomic E-state index is 0.169. The Labute approximate surface area is 120 Å². The van der Waals surface area contributed by atoms with Gasteiger partial charge in [0.25, 0.3) is 0 Å². The van der Waals surface area contributed by atoms with Crippen LogP contribution < -0.4 is 15.2 Å². The first-order valence-electron chi connectivity index (χ1n) is 5.48. The summed E-state index contributed by atoms with van der Waals surface area (Å²) >= 11 is 11.9. The van der Waals surface area contributed by atoms with Crippen molar-refractivity contribution in [2.24, 2.45) is 0 Å². The van der Waals surface area contributed by atoms with Crippen LogP contribution in [0.2, 0.25) is 10.0 Å². The van der Waals surface area contributed by atoms with Crippen LogP contribution in [0.5, 0.6) is 17.5 Å². The van der Waals surface area contributed by atoms with Gasteiger partial charge in [0.2, 0.25) is 11.8 Å². The van der Waals surface area contributed by atoms with Crippen molar-refractivity contribution < 1.29 is 9.47 Å². The van der Waals surface area contributed by atoms with Crippen LogP contribution in [-0.2, 0) is 0 Å². The maximum atomic E-state index is 6.00. The fraction of sp³-hybridized carbons (Fsp3) is 0.167. The zero-order chi connectivity index (χ0) is 13.8. The smallest absolute Gasteiger partial charge is 0.249 e. The number of hydrogen-bond donors (Lipinski definition) is 1. The summed E-state index contributed by atoms with van der Waals surface area (Å²) in [5, 5.41) is 0.900. The van der Waals surface area contributed by atoms with Gasteiger partial charge in [0.15, 0.2) is 5.69 Å². The Hall–Kier alpha value is -1.72. The van der Waals surface area contributed by atoms with Crippen LogP contribution in [0.15, 0.2) is 24.5 Å². The molecule has 100 valence electrons. The lowest BCUT2D eigenvalue weighted by atomic mass is 10.3. The number of aromatic nitrogens is 2. The number of nitrogens with zero attached hydrogens (tertiary/aromatic N) is 2. The lowest BCUT2D eigenvalue weighted by Crippen LogP contribution is -2.03. The van der Waals surface area contributed by atoms with Gasteiger partial charge in [-0.05, 0) is 19.1 Å². The molecule has 0 amide bonds. The van der Waals surface area contributed by atoms with Crippen molar-refractivity contribution in [1.29, 1.82) is 0 Å². The fourth-order valence-corrected chi connectivity index (χ4v) is 1.68. The van der Waals surface area contributed by atoms with Gasteiger partial charge in [-0.1, -0.05) is 23.2 Å². The molecule has 0 saturated heterocycles. The zero-order valence-electron chi connectivity index (χ0n) is 10.1. The van der Waals surface area contributed by atoms with Gasteiger partial charge in [-0.15, -0.1) is 0 Å². The number of benzene rings is 1. The minimum Gasteiger partial charge on any atom is -0.476 e. The quantitative estimate of drug-likeness (QED) is 0.935. The molecule has 1 aromatic heterocycles. The number of anilines is 1. The van der Waals surface area contributed by atoms with E-state index in [4.69, 9.17) is 38.4 Å². The number of rotatable bonds is 4. The molecular formula is C12H11Cl2N3O2. The normalized spacial score (nSPS) is 10.3. The van der Waals surface area contributed by atoms with E-state index in [2.05, 4.69) is 9.97 Å². The van der Waals surface area contributed by atoms with E-state index in [1.807, 2.05) is 6.92 Å². The number of nitrogens with two attached hydrogens (primary N) is 1. The van der Waals surface area contributed by atoms with E-state index in [9.17, 15) is 0 Å². The summed E-state index contributed by atoms with van der Waals surface area (Å²) in [6, 6.07) is 4.86. The predicted octanol–water partition coefficient (Wildman–Crippen LogP) is 3.56. The summed E-state index contributed by atoms with van der Waals surface area (Å²) in [7, 11) is 0. The molecule has 0 aliphatic rings. The van der Waals surface area contributed by atoms with Gasteiger partial charge in [-0.2, -0.15) is 9.97 Å². The first kappa shape index (κ1) is 13.7. The molecule has 0 saturated carbocycles. The van der Waals surface area contributed by atoms with Crippen molar-refractivity contribution >= 4 is 28.9 Å². The van der Waals surface area contributed by atoms with E-state index >= 15 is 0 Å². The summed E-state index contributed by atoms with van der Waals surface area (Å²) in [4.78, 5) is 7.86. The second-order valence-electron chi connectivity index (χ2n) is 3.51. The molecule has 0 fully saturated rings. The van der Waals surface area contributed by atoms with Crippen LogP contribution >= 0.6 is 23.2 Å². The SMILES string of the molecule is CCOc1ncnc(Oc2cc(Cl)ccc2Cl)c1N. The highest BCUT2D eigenvalue weighted by Gasteiger charge is 2.13. The molecule has 0 aliphatic carbocycles. The first-order valence-corrected chi connectivity index (χ1v) is 6.23. The molecule has 0 bridgehead atoms. The van der Waals surface area contributed by atoms with Crippen LogP contribution in [0, 0.1) is 0 Å². The number of ether oxygens (including phenoxy) is 2. The molecule has 5 nitrogen and oxygen atoms in total. The molecule has 1 aromatic carbocycles. The van der Waals surface area contributed by atoms with Crippen molar-refractivity contribution in [2.45, 2.75) is 6.92 Å². The third-order valence-corrected chi connectivity index (χ3v) is 2.74. The Bertz CT molecular complexity index is 593. The molecule has 2 aromatic rings. The van der Waals surface area contributed by atoms with Gasteiger partial charge in [-0.25, -0.2) is 0 Å². The van der Waals surface area contributed by atoms with E-state index < -0.39 is 0 Å². The Balaban J connectivity index is 2.33. The summed E-state index contributed by atoms with van der Waals surface area (Å²) in [6.45, 7) is 2.27. The van der Waals surface area contributed by atoms with Gasteiger partial charge in [0, 0.05) is 11.1 Å².